The lowest BCUT2D eigenvalue weighted by atomic mass is 10.0. The number of nitrogens with zero attached hydrogens (tertiary/aromatic N) is 3. The lowest BCUT2D eigenvalue weighted by Crippen LogP contribution is -2.28. The zero-order valence-electron chi connectivity index (χ0n) is 17.1. The van der Waals surface area contributed by atoms with Crippen molar-refractivity contribution in [2.45, 2.75) is 17.9 Å². The number of para-hydroxylation sites is 1. The van der Waals surface area contributed by atoms with E-state index in [1.807, 2.05) is 0 Å². The summed E-state index contributed by atoms with van der Waals surface area (Å²) in [5.74, 6) is -0.548. The number of amides is 1. The Hall–Kier alpha value is -4.10. The number of nitrogens with one attached hydrogen (secondary N) is 3. The predicted octanol–water partition coefficient (Wildman–Crippen LogP) is 1.61. The third kappa shape index (κ3) is 4.31. The van der Waals surface area contributed by atoms with Gasteiger partial charge in [0.1, 0.15) is 17.2 Å². The molecule has 4 rings (SSSR count). The molecule has 2 aromatic carbocycles. The van der Waals surface area contributed by atoms with Crippen molar-refractivity contribution in [3.8, 4) is 0 Å². The normalized spacial score (nSPS) is 15.3. The minimum atomic E-state index is -4.53. The quantitative estimate of drug-likeness (QED) is 0.293. The van der Waals surface area contributed by atoms with Gasteiger partial charge in [0.2, 0.25) is 11.9 Å². The van der Waals surface area contributed by atoms with Gasteiger partial charge in [0.25, 0.3) is 16.0 Å². The highest BCUT2D eigenvalue weighted by molar-refractivity contribution is 7.86. The van der Waals surface area contributed by atoms with Crippen LogP contribution in [0.3, 0.4) is 0 Å². The Labute approximate surface area is 187 Å². The highest BCUT2D eigenvalue weighted by Gasteiger charge is 2.35. The number of carbonyl (C=O) groups is 2. The van der Waals surface area contributed by atoms with E-state index < -0.39 is 26.7 Å². The average Bonchev–Trinajstić information content (AvgIpc) is 3.03. The van der Waals surface area contributed by atoms with Crippen LogP contribution in [0.25, 0.3) is 0 Å². The van der Waals surface area contributed by atoms with Crippen LogP contribution in [-0.2, 0) is 14.9 Å². The molecule has 3 aromatic rings. The molecule has 170 valence electrons. The summed E-state index contributed by atoms with van der Waals surface area (Å²) in [6.45, 7) is 2.15. The average molecular weight is 470 g/mol. The van der Waals surface area contributed by atoms with Crippen molar-refractivity contribution < 1.29 is 22.6 Å². The number of rotatable bonds is 7. The Morgan fingerprint density at radius 1 is 1.15 bits per heavy atom. The Morgan fingerprint density at radius 2 is 1.91 bits per heavy atom. The number of aromatic nitrogens is 3. The standard InChI is InChI=1S/C20H18N6O6S/c1-2-26-15(10-27)12-8-7-11(9-13(12)17(26)28)21-18-23-19(25-20(29)24-18)22-14-5-3-4-6-16(14)33(30,31)32/h3-10,15H,2H2,1H3,(H,30,31,32)(H3,21,22,23,24,25,29). The molecule has 0 aliphatic carbocycles. The first-order chi connectivity index (χ1) is 15.7. The smallest absolute Gasteiger partial charge is 0.326 e. The fourth-order valence-electron chi connectivity index (χ4n) is 3.56. The van der Waals surface area contributed by atoms with E-state index in [0.29, 0.717) is 29.6 Å². The molecule has 0 saturated heterocycles. The topological polar surface area (TPSA) is 174 Å². The van der Waals surface area contributed by atoms with Crippen LogP contribution in [-0.4, -0.2) is 51.6 Å². The van der Waals surface area contributed by atoms with Crippen molar-refractivity contribution in [2.75, 3.05) is 17.2 Å². The van der Waals surface area contributed by atoms with E-state index in [1.165, 1.54) is 29.2 Å². The van der Waals surface area contributed by atoms with Gasteiger partial charge in [-0.1, -0.05) is 18.2 Å². The van der Waals surface area contributed by atoms with Crippen LogP contribution >= 0.6 is 0 Å². The molecule has 0 bridgehead atoms. The van der Waals surface area contributed by atoms with Crippen molar-refractivity contribution in [1.29, 1.82) is 0 Å². The third-order valence-corrected chi connectivity index (χ3v) is 5.91. The zero-order valence-corrected chi connectivity index (χ0v) is 18.0. The summed E-state index contributed by atoms with van der Waals surface area (Å²) in [4.78, 5) is 47.3. The minimum Gasteiger partial charge on any atom is -0.326 e. The first-order valence-electron chi connectivity index (χ1n) is 9.70. The van der Waals surface area contributed by atoms with E-state index in [-0.39, 0.29) is 23.5 Å². The summed E-state index contributed by atoms with van der Waals surface area (Å²) in [5.41, 5.74) is 0.552. The summed E-state index contributed by atoms with van der Waals surface area (Å²) in [6.07, 6.45) is 0.713. The van der Waals surface area contributed by atoms with Crippen LogP contribution in [0, 0.1) is 0 Å². The van der Waals surface area contributed by atoms with Crippen molar-refractivity contribution in [3.05, 3.63) is 64.1 Å². The molecule has 4 N–H and O–H groups in total. The van der Waals surface area contributed by atoms with E-state index in [4.69, 9.17) is 0 Å². The summed E-state index contributed by atoms with van der Waals surface area (Å²) in [7, 11) is -4.53. The summed E-state index contributed by atoms with van der Waals surface area (Å²) in [5, 5.41) is 5.46. The van der Waals surface area contributed by atoms with E-state index in [0.717, 1.165) is 0 Å². The summed E-state index contributed by atoms with van der Waals surface area (Å²) >= 11 is 0. The highest BCUT2D eigenvalue weighted by atomic mass is 32.2. The third-order valence-electron chi connectivity index (χ3n) is 4.99. The highest BCUT2D eigenvalue weighted by Crippen LogP contribution is 2.34. The van der Waals surface area contributed by atoms with Gasteiger partial charge in [-0.05, 0) is 36.8 Å². The second kappa shape index (κ2) is 8.44. The van der Waals surface area contributed by atoms with Crippen molar-refractivity contribution in [2.24, 2.45) is 0 Å². The Kier molecular flexibility index (Phi) is 5.66. The van der Waals surface area contributed by atoms with E-state index in [1.54, 1.807) is 25.1 Å². The number of aromatic amines is 1. The maximum atomic E-state index is 12.6. The number of hydrogen-bond donors (Lipinski definition) is 4. The molecular formula is C20H18N6O6S. The number of aldehydes is 1. The molecule has 13 heteroatoms. The monoisotopic (exact) mass is 470 g/mol. The maximum Gasteiger partial charge on any atom is 0.351 e. The molecular weight excluding hydrogens is 452 g/mol. The van der Waals surface area contributed by atoms with Gasteiger partial charge in [-0.2, -0.15) is 18.4 Å². The van der Waals surface area contributed by atoms with E-state index in [9.17, 15) is 27.4 Å². The molecule has 0 saturated carbocycles. The Balaban J connectivity index is 1.64. The molecule has 1 unspecified atom stereocenters. The second-order valence-electron chi connectivity index (χ2n) is 7.02. The fraction of sp³-hybridized carbons (Fsp3) is 0.150. The number of H-pyrrole nitrogens is 1. The fourth-order valence-corrected chi connectivity index (χ4v) is 4.21. The van der Waals surface area contributed by atoms with Gasteiger partial charge in [-0.25, -0.2) is 4.79 Å². The number of fused-ring (bicyclic) bond motifs is 1. The number of likely N-dealkylation sites (N-methyl/N-ethyl adjacent to an activating group) is 1. The molecule has 12 nitrogen and oxygen atoms in total. The number of hydrogen-bond acceptors (Lipinski definition) is 9. The van der Waals surface area contributed by atoms with Crippen LogP contribution in [0.2, 0.25) is 0 Å². The zero-order chi connectivity index (χ0) is 23.8. The van der Waals surface area contributed by atoms with E-state index in [2.05, 4.69) is 25.6 Å². The van der Waals surface area contributed by atoms with Crippen LogP contribution in [0.5, 0.6) is 0 Å². The molecule has 1 aromatic heterocycles. The van der Waals surface area contributed by atoms with Gasteiger partial charge >= 0.3 is 5.69 Å². The lowest BCUT2D eigenvalue weighted by Gasteiger charge is -2.18. The predicted molar refractivity (Wildman–Crippen MR) is 117 cm³/mol. The summed E-state index contributed by atoms with van der Waals surface area (Å²) < 4.78 is 32.5. The van der Waals surface area contributed by atoms with E-state index >= 15 is 0 Å². The second-order valence-corrected chi connectivity index (χ2v) is 8.41. The van der Waals surface area contributed by atoms with Gasteiger partial charge in [-0.15, -0.1) is 0 Å². The molecule has 0 fully saturated rings. The van der Waals surface area contributed by atoms with Crippen LogP contribution in [0.15, 0.2) is 52.2 Å². The van der Waals surface area contributed by atoms with Gasteiger partial charge in [0.15, 0.2) is 0 Å². The van der Waals surface area contributed by atoms with Crippen molar-refractivity contribution in [1.82, 2.24) is 19.9 Å². The number of carbonyl (C=O) groups excluding carboxylic acids is 2. The van der Waals surface area contributed by atoms with Crippen LogP contribution in [0.4, 0.5) is 23.3 Å². The van der Waals surface area contributed by atoms with Crippen LogP contribution in [0.1, 0.15) is 28.9 Å². The molecule has 1 amide bonds. The van der Waals surface area contributed by atoms with Gasteiger partial charge in [-0.3, -0.25) is 14.3 Å². The molecule has 1 aliphatic rings. The molecule has 1 aliphatic heterocycles. The van der Waals surface area contributed by atoms with Gasteiger partial charge in [0, 0.05) is 17.8 Å². The molecule has 0 spiro atoms. The lowest BCUT2D eigenvalue weighted by molar-refractivity contribution is -0.111. The molecule has 0 radical (unpaired) electrons. The van der Waals surface area contributed by atoms with Crippen LogP contribution < -0.4 is 16.3 Å². The maximum absolute atomic E-state index is 12.6. The molecule has 33 heavy (non-hydrogen) atoms. The number of anilines is 4. The Morgan fingerprint density at radius 3 is 2.61 bits per heavy atom. The SMILES string of the molecule is CCN1C(=O)c2cc(Nc3nc(Nc4ccccc4S(=O)(=O)O)nc(=O)[nH]3)ccc2C1C=O. The first-order valence-corrected chi connectivity index (χ1v) is 11.1. The summed E-state index contributed by atoms with van der Waals surface area (Å²) in [6, 6.07) is 9.66. The molecule has 1 atom stereocenters. The molecule has 2 heterocycles. The van der Waals surface area contributed by atoms with Gasteiger partial charge < -0.3 is 20.3 Å². The first kappa shape index (κ1) is 22.1. The largest absolute Gasteiger partial charge is 0.351 e. The van der Waals surface area contributed by atoms with Gasteiger partial charge in [0.05, 0.1) is 5.69 Å². The van der Waals surface area contributed by atoms with Crippen molar-refractivity contribution >= 4 is 45.6 Å². The Bertz CT molecular complexity index is 1420. The minimum absolute atomic E-state index is 0.0285. The number of benzene rings is 2. The van der Waals surface area contributed by atoms with Crippen molar-refractivity contribution in [3.63, 3.8) is 0 Å².